The van der Waals surface area contributed by atoms with Gasteiger partial charge in [-0.3, -0.25) is 24.1 Å². The molecule has 10 heteroatoms. The van der Waals surface area contributed by atoms with E-state index >= 15 is 0 Å². The van der Waals surface area contributed by atoms with Crippen LogP contribution in [0.4, 0.5) is 0 Å². The molecule has 0 spiro atoms. The number of carboxylic acids is 1. The van der Waals surface area contributed by atoms with Crippen LogP contribution < -0.4 is 9.61 Å². The summed E-state index contributed by atoms with van der Waals surface area (Å²) in [6, 6.07) is 7.80. The molecule has 2 aromatic rings. The number of thioether (sulfide) groups is 1. The lowest BCUT2D eigenvalue weighted by Crippen LogP contribution is -2.42. The van der Waals surface area contributed by atoms with Gasteiger partial charge in [0.2, 0.25) is 11.8 Å². The number of thiazole rings is 1. The van der Waals surface area contributed by atoms with E-state index in [-0.39, 0.29) is 58.6 Å². The zero-order chi connectivity index (χ0) is 23.0. The number of rotatable bonds is 5. The number of hydrogen-bond acceptors (Lipinski definition) is 7. The number of methoxy groups -OCH3 is 1. The van der Waals surface area contributed by atoms with Crippen molar-refractivity contribution in [3.05, 3.63) is 44.4 Å². The molecule has 2 saturated carbocycles. The third kappa shape index (κ3) is 2.89. The summed E-state index contributed by atoms with van der Waals surface area (Å²) in [4.78, 5) is 54.9. The van der Waals surface area contributed by atoms with Gasteiger partial charge < -0.3 is 14.8 Å². The van der Waals surface area contributed by atoms with Crippen LogP contribution in [0.2, 0.25) is 0 Å². The number of amides is 2. The number of benzene rings is 1. The molecule has 2 aliphatic heterocycles. The number of aromatic nitrogens is 1. The lowest BCUT2D eigenvalue weighted by molar-refractivity contribution is -0.142. The number of carboxylic acid groups (broad SMARTS) is 1. The number of carbonyl (C=O) groups excluding carboxylic acids is 2. The molecule has 33 heavy (non-hydrogen) atoms. The predicted octanol–water partition coefficient (Wildman–Crippen LogP) is 2.39. The summed E-state index contributed by atoms with van der Waals surface area (Å²) < 4.78 is 5.67. The van der Waals surface area contributed by atoms with E-state index in [0.717, 1.165) is 27.6 Å². The summed E-state index contributed by atoms with van der Waals surface area (Å²) in [5.74, 6) is -1.51. The fraction of sp³-hybridized carbons (Fsp3) is 0.478. The molecular formula is C23H22N2O6S2. The third-order valence-corrected chi connectivity index (χ3v) is 10.4. The highest BCUT2D eigenvalue weighted by atomic mass is 32.2. The summed E-state index contributed by atoms with van der Waals surface area (Å²) in [7, 11) is 1.63. The predicted molar refractivity (Wildman–Crippen MR) is 120 cm³/mol. The van der Waals surface area contributed by atoms with E-state index in [9.17, 15) is 19.2 Å². The van der Waals surface area contributed by atoms with Gasteiger partial charge in [0.1, 0.15) is 5.75 Å². The average Bonchev–Trinajstić information content (AvgIpc) is 3.51. The first-order valence-corrected chi connectivity index (χ1v) is 12.7. The van der Waals surface area contributed by atoms with Crippen molar-refractivity contribution in [1.82, 2.24) is 9.88 Å². The fourth-order valence-corrected chi connectivity index (χ4v) is 9.66. The van der Waals surface area contributed by atoms with Crippen LogP contribution in [-0.4, -0.2) is 51.7 Å². The van der Waals surface area contributed by atoms with E-state index in [2.05, 4.69) is 4.98 Å². The molecule has 2 N–H and O–H groups in total. The number of nitrogens with zero attached hydrogens (tertiary/aromatic N) is 1. The number of para-hydroxylation sites is 1. The molecule has 1 saturated heterocycles. The molecular weight excluding hydrogens is 464 g/mol. The molecule has 7 atom stereocenters. The zero-order valence-electron chi connectivity index (χ0n) is 17.7. The van der Waals surface area contributed by atoms with E-state index in [1.807, 2.05) is 24.3 Å². The van der Waals surface area contributed by atoms with Gasteiger partial charge >= 0.3 is 10.8 Å². The monoisotopic (exact) mass is 486 g/mol. The minimum absolute atomic E-state index is 0.00374. The van der Waals surface area contributed by atoms with Crippen LogP contribution in [0.3, 0.4) is 0 Å². The molecule has 2 amide bonds. The van der Waals surface area contributed by atoms with Crippen molar-refractivity contribution in [2.45, 2.75) is 29.0 Å². The highest BCUT2D eigenvalue weighted by Crippen LogP contribution is 2.68. The number of imide groups is 1. The zero-order valence-corrected chi connectivity index (χ0v) is 19.4. The molecule has 0 unspecified atom stereocenters. The third-order valence-electron chi connectivity index (χ3n) is 7.84. The molecule has 3 heterocycles. The molecule has 6 rings (SSSR count). The number of likely N-dealkylation sites (tertiary alicyclic amines) is 1. The smallest absolute Gasteiger partial charge is 0.305 e. The molecule has 3 fully saturated rings. The Morgan fingerprint density at radius 1 is 1.18 bits per heavy atom. The van der Waals surface area contributed by atoms with Crippen molar-refractivity contribution >= 4 is 40.9 Å². The van der Waals surface area contributed by atoms with Crippen molar-refractivity contribution in [2.75, 3.05) is 13.7 Å². The summed E-state index contributed by atoms with van der Waals surface area (Å²) in [5.41, 5.74) is 0.996. The minimum atomic E-state index is -1.02. The Bertz CT molecular complexity index is 1240. The van der Waals surface area contributed by atoms with Crippen molar-refractivity contribution < 1.29 is 24.2 Å². The van der Waals surface area contributed by atoms with Crippen molar-refractivity contribution in [3.63, 3.8) is 0 Å². The summed E-state index contributed by atoms with van der Waals surface area (Å²) in [6.45, 7) is -0.0709. The Morgan fingerprint density at radius 2 is 1.91 bits per heavy atom. The lowest BCUT2D eigenvalue weighted by atomic mass is 9.68. The van der Waals surface area contributed by atoms with Gasteiger partial charge in [0.15, 0.2) is 0 Å². The van der Waals surface area contributed by atoms with Gasteiger partial charge in [-0.05, 0) is 30.2 Å². The quantitative estimate of drug-likeness (QED) is 0.623. The van der Waals surface area contributed by atoms with Gasteiger partial charge in [0.25, 0.3) is 0 Å². The molecule has 8 nitrogen and oxygen atoms in total. The van der Waals surface area contributed by atoms with E-state index in [0.29, 0.717) is 0 Å². The minimum Gasteiger partial charge on any atom is -0.496 e. The maximum absolute atomic E-state index is 13.3. The number of ether oxygens (including phenoxy) is 1. The van der Waals surface area contributed by atoms with Gasteiger partial charge in [0.05, 0.1) is 30.4 Å². The number of aromatic amines is 1. The summed E-state index contributed by atoms with van der Waals surface area (Å²) in [5, 5.41) is 10.0. The van der Waals surface area contributed by atoms with E-state index in [1.54, 1.807) is 18.9 Å². The molecule has 4 aliphatic rings. The average molecular weight is 487 g/mol. The second-order valence-corrected chi connectivity index (χ2v) is 11.4. The second kappa shape index (κ2) is 7.46. The van der Waals surface area contributed by atoms with Gasteiger partial charge in [0, 0.05) is 28.2 Å². The Labute approximate surface area is 197 Å². The van der Waals surface area contributed by atoms with Crippen LogP contribution in [0.1, 0.15) is 29.2 Å². The molecule has 1 aromatic heterocycles. The number of H-pyrrole nitrogens is 1. The van der Waals surface area contributed by atoms with Gasteiger partial charge in [-0.15, -0.1) is 11.8 Å². The summed E-state index contributed by atoms with van der Waals surface area (Å²) in [6.07, 6.45) is 0.558. The van der Waals surface area contributed by atoms with Crippen LogP contribution in [0.15, 0.2) is 34.1 Å². The summed E-state index contributed by atoms with van der Waals surface area (Å²) >= 11 is 2.85. The highest BCUT2D eigenvalue weighted by Gasteiger charge is 2.69. The van der Waals surface area contributed by atoms with Gasteiger partial charge in [-0.25, -0.2) is 0 Å². The first-order valence-electron chi connectivity index (χ1n) is 11.0. The normalized spacial score (nSPS) is 33.7. The Kier molecular flexibility index (Phi) is 4.74. The van der Waals surface area contributed by atoms with E-state index in [4.69, 9.17) is 9.84 Å². The molecule has 2 aliphatic carbocycles. The second-order valence-electron chi connectivity index (χ2n) is 9.17. The molecule has 172 valence electrons. The first-order chi connectivity index (χ1) is 15.9. The van der Waals surface area contributed by atoms with Crippen molar-refractivity contribution in [3.8, 4) is 5.75 Å². The molecule has 1 aromatic carbocycles. The number of aliphatic carboxylic acids is 1. The Balaban J connectivity index is 1.43. The standard InChI is InChI=1S/C23H22N2O6S2/c1-31-12-5-3-2-4-9(12)14-15-10-8-11(18(15)32-20-19(14)33-23(30)24-20)17-16(10)21(28)25(22(17)29)7-6-13(26)27/h2-5,10-11,14-18H,6-8H2,1H3,(H,24,30)(H,26,27)/t10-,11+,14-,15+,16+,17+,18+/m0/s1. The number of carbonyl (C=O) groups is 3. The lowest BCUT2D eigenvalue weighted by Gasteiger charge is -2.43. The van der Waals surface area contributed by atoms with Crippen LogP contribution in [-0.2, 0) is 14.4 Å². The SMILES string of the molecule is COc1ccccc1[C@@H]1c2sc(=O)[nH]c2S[C@@H]2[C@@H]3C[C@H]([C@H]4C(=O)N(CCC(=O)O)C(=O)[C@H]34)[C@H]12. The fourth-order valence-electron chi connectivity index (χ4n) is 6.78. The Morgan fingerprint density at radius 3 is 2.64 bits per heavy atom. The van der Waals surface area contributed by atoms with Crippen molar-refractivity contribution in [2.24, 2.45) is 29.6 Å². The topological polar surface area (TPSA) is 117 Å². The van der Waals surface area contributed by atoms with E-state index < -0.39 is 17.8 Å². The number of hydrogen-bond donors (Lipinski definition) is 2. The van der Waals surface area contributed by atoms with Crippen LogP contribution in [0.5, 0.6) is 5.75 Å². The van der Waals surface area contributed by atoms with Crippen LogP contribution >= 0.6 is 23.1 Å². The van der Waals surface area contributed by atoms with Crippen molar-refractivity contribution in [1.29, 1.82) is 0 Å². The number of nitrogens with one attached hydrogen (secondary N) is 1. The maximum atomic E-state index is 13.3. The number of fused-ring (bicyclic) bond motifs is 9. The maximum Gasteiger partial charge on any atom is 0.305 e. The highest BCUT2D eigenvalue weighted by molar-refractivity contribution is 8.00. The first kappa shape index (κ1) is 21.0. The van der Waals surface area contributed by atoms with Gasteiger partial charge in [-0.1, -0.05) is 29.5 Å². The van der Waals surface area contributed by atoms with E-state index in [1.165, 1.54) is 16.2 Å². The Hall–Kier alpha value is -2.59. The molecule has 0 radical (unpaired) electrons. The van der Waals surface area contributed by atoms with Gasteiger partial charge in [-0.2, -0.15) is 0 Å². The van der Waals surface area contributed by atoms with Crippen LogP contribution in [0, 0.1) is 29.6 Å². The van der Waals surface area contributed by atoms with Crippen LogP contribution in [0.25, 0.3) is 0 Å². The molecule has 2 bridgehead atoms. The largest absolute Gasteiger partial charge is 0.496 e.